The number of benzene rings is 2. The Morgan fingerprint density at radius 2 is 1.92 bits per heavy atom. The van der Waals surface area contributed by atoms with Crippen molar-refractivity contribution in [2.75, 3.05) is 0 Å². The third-order valence-corrected chi connectivity index (χ3v) is 5.55. The van der Waals surface area contributed by atoms with Gasteiger partial charge in [0.15, 0.2) is 4.34 Å². The summed E-state index contributed by atoms with van der Waals surface area (Å²) in [6.07, 6.45) is 0. The molecule has 0 aliphatic carbocycles. The SMILES string of the molecule is O=[N+]([O-])c1ccc(-c2nnc(CSc3nc4ccccc4s3)o2)cc1. The average Bonchev–Trinajstić information content (AvgIpc) is 3.26. The predicted octanol–water partition coefficient (Wildman–Crippen LogP) is 4.55. The predicted molar refractivity (Wildman–Crippen MR) is 95.6 cm³/mol. The summed E-state index contributed by atoms with van der Waals surface area (Å²) in [6.45, 7) is 0. The number of nitro groups is 1. The molecule has 7 nitrogen and oxygen atoms in total. The van der Waals surface area contributed by atoms with E-state index >= 15 is 0 Å². The Balaban J connectivity index is 1.46. The molecule has 2 aromatic heterocycles. The molecule has 0 radical (unpaired) electrons. The Morgan fingerprint density at radius 3 is 2.68 bits per heavy atom. The van der Waals surface area contributed by atoms with Crippen LogP contribution in [0.15, 0.2) is 57.3 Å². The fourth-order valence-corrected chi connectivity index (χ4v) is 4.10. The van der Waals surface area contributed by atoms with Crippen molar-refractivity contribution in [3.8, 4) is 11.5 Å². The number of fused-ring (bicyclic) bond motifs is 1. The molecule has 2 aromatic carbocycles. The molecule has 0 aliphatic heterocycles. The zero-order chi connectivity index (χ0) is 17.2. The van der Waals surface area contributed by atoms with E-state index in [4.69, 9.17) is 4.42 Å². The highest BCUT2D eigenvalue weighted by Gasteiger charge is 2.12. The molecule has 0 bridgehead atoms. The van der Waals surface area contributed by atoms with Crippen LogP contribution in [0.2, 0.25) is 0 Å². The zero-order valence-corrected chi connectivity index (χ0v) is 14.3. The Bertz CT molecular complexity index is 1010. The molecule has 0 N–H and O–H groups in total. The lowest BCUT2D eigenvalue weighted by atomic mass is 10.2. The number of nitro benzene ring substituents is 1. The van der Waals surface area contributed by atoms with Gasteiger partial charge >= 0.3 is 0 Å². The molecular formula is C16H10N4O3S2. The molecule has 2 heterocycles. The summed E-state index contributed by atoms with van der Waals surface area (Å²) in [5, 5.41) is 18.7. The minimum absolute atomic E-state index is 0.0230. The molecule has 0 saturated carbocycles. The number of nitrogens with zero attached hydrogens (tertiary/aromatic N) is 4. The summed E-state index contributed by atoms with van der Waals surface area (Å²) < 4.78 is 7.71. The normalized spacial score (nSPS) is 11.0. The van der Waals surface area contributed by atoms with Gasteiger partial charge in [-0.15, -0.1) is 21.5 Å². The summed E-state index contributed by atoms with van der Waals surface area (Å²) in [7, 11) is 0. The van der Waals surface area contributed by atoms with Crippen molar-refractivity contribution < 1.29 is 9.34 Å². The van der Waals surface area contributed by atoms with Crippen LogP contribution in [0.3, 0.4) is 0 Å². The van der Waals surface area contributed by atoms with Crippen molar-refractivity contribution in [3.63, 3.8) is 0 Å². The number of aromatic nitrogens is 3. The molecule has 0 spiro atoms. The topological polar surface area (TPSA) is 95.0 Å². The second-order valence-corrected chi connectivity index (χ2v) is 7.29. The minimum Gasteiger partial charge on any atom is -0.420 e. The fourth-order valence-electron chi connectivity index (χ4n) is 2.19. The quantitative estimate of drug-likeness (QED) is 0.289. The van der Waals surface area contributed by atoms with Crippen LogP contribution in [0, 0.1) is 10.1 Å². The van der Waals surface area contributed by atoms with Gasteiger partial charge in [-0.25, -0.2) is 4.98 Å². The molecule has 25 heavy (non-hydrogen) atoms. The summed E-state index contributed by atoms with van der Waals surface area (Å²) in [4.78, 5) is 14.8. The highest BCUT2D eigenvalue weighted by molar-refractivity contribution is 8.00. The molecule has 0 unspecified atom stereocenters. The van der Waals surface area contributed by atoms with Gasteiger partial charge in [-0.05, 0) is 24.3 Å². The van der Waals surface area contributed by atoms with E-state index in [9.17, 15) is 10.1 Å². The van der Waals surface area contributed by atoms with E-state index in [2.05, 4.69) is 15.2 Å². The maximum Gasteiger partial charge on any atom is 0.269 e. The van der Waals surface area contributed by atoms with E-state index in [0.29, 0.717) is 23.1 Å². The van der Waals surface area contributed by atoms with Crippen molar-refractivity contribution in [1.82, 2.24) is 15.2 Å². The van der Waals surface area contributed by atoms with Crippen molar-refractivity contribution in [2.24, 2.45) is 0 Å². The Kier molecular flexibility index (Phi) is 4.16. The minimum atomic E-state index is -0.447. The van der Waals surface area contributed by atoms with Crippen LogP contribution in [-0.2, 0) is 5.75 Å². The van der Waals surface area contributed by atoms with Gasteiger partial charge < -0.3 is 4.42 Å². The molecule has 124 valence electrons. The largest absolute Gasteiger partial charge is 0.420 e. The number of hydrogen-bond donors (Lipinski definition) is 0. The third-order valence-electron chi connectivity index (χ3n) is 3.39. The monoisotopic (exact) mass is 370 g/mol. The first-order chi connectivity index (χ1) is 12.2. The van der Waals surface area contributed by atoms with Crippen LogP contribution in [0.4, 0.5) is 5.69 Å². The van der Waals surface area contributed by atoms with Gasteiger partial charge in [-0.1, -0.05) is 23.9 Å². The number of para-hydroxylation sites is 1. The molecule has 9 heteroatoms. The van der Waals surface area contributed by atoms with Gasteiger partial charge in [0.1, 0.15) is 0 Å². The fraction of sp³-hybridized carbons (Fsp3) is 0.0625. The average molecular weight is 370 g/mol. The van der Waals surface area contributed by atoms with Crippen molar-refractivity contribution in [3.05, 3.63) is 64.5 Å². The van der Waals surface area contributed by atoms with Gasteiger partial charge in [-0.3, -0.25) is 10.1 Å². The number of rotatable bonds is 5. The molecule has 0 saturated heterocycles. The summed E-state index contributed by atoms with van der Waals surface area (Å²) in [5.41, 5.74) is 1.65. The van der Waals surface area contributed by atoms with E-state index in [1.807, 2.05) is 24.3 Å². The first kappa shape index (κ1) is 15.7. The summed E-state index contributed by atoms with van der Waals surface area (Å²) >= 11 is 3.16. The van der Waals surface area contributed by atoms with Gasteiger partial charge in [0.05, 0.1) is 20.9 Å². The Labute approximate surface area is 149 Å². The van der Waals surface area contributed by atoms with Crippen LogP contribution < -0.4 is 0 Å². The lowest BCUT2D eigenvalue weighted by Gasteiger charge is -1.94. The van der Waals surface area contributed by atoms with Gasteiger partial charge in [0.2, 0.25) is 11.8 Å². The Morgan fingerprint density at radius 1 is 1.12 bits per heavy atom. The smallest absolute Gasteiger partial charge is 0.269 e. The first-order valence-electron chi connectivity index (χ1n) is 7.24. The van der Waals surface area contributed by atoms with Crippen LogP contribution in [0.25, 0.3) is 21.7 Å². The van der Waals surface area contributed by atoms with Gasteiger partial charge in [-0.2, -0.15) is 0 Å². The van der Waals surface area contributed by atoms with E-state index in [-0.39, 0.29) is 5.69 Å². The number of thiazole rings is 1. The lowest BCUT2D eigenvalue weighted by molar-refractivity contribution is -0.384. The standard InChI is InChI=1S/C16H10N4O3S2/c21-20(22)11-7-5-10(6-8-11)15-19-18-14(23-15)9-24-16-17-12-3-1-2-4-13(12)25-16/h1-8H,9H2. The summed E-state index contributed by atoms with van der Waals surface area (Å²) in [5.74, 6) is 1.34. The maximum atomic E-state index is 10.7. The molecule has 4 aromatic rings. The maximum absolute atomic E-state index is 10.7. The Hall–Kier alpha value is -2.78. The van der Waals surface area contributed by atoms with Crippen LogP contribution in [-0.4, -0.2) is 20.1 Å². The van der Waals surface area contributed by atoms with Crippen molar-refractivity contribution in [1.29, 1.82) is 0 Å². The molecule has 0 atom stereocenters. The highest BCUT2D eigenvalue weighted by Crippen LogP contribution is 2.31. The second-order valence-electron chi connectivity index (χ2n) is 5.04. The molecule has 4 rings (SSSR count). The van der Waals surface area contributed by atoms with E-state index in [1.165, 1.54) is 23.9 Å². The molecule has 0 amide bonds. The van der Waals surface area contributed by atoms with Crippen molar-refractivity contribution >= 4 is 39.0 Å². The number of thioether (sulfide) groups is 1. The number of non-ortho nitro benzene ring substituents is 1. The van der Waals surface area contributed by atoms with E-state index in [1.54, 1.807) is 23.5 Å². The van der Waals surface area contributed by atoms with Gasteiger partial charge in [0, 0.05) is 17.7 Å². The van der Waals surface area contributed by atoms with Crippen LogP contribution in [0.1, 0.15) is 5.89 Å². The van der Waals surface area contributed by atoms with Crippen molar-refractivity contribution in [2.45, 2.75) is 10.1 Å². The number of hydrogen-bond acceptors (Lipinski definition) is 8. The van der Waals surface area contributed by atoms with E-state index in [0.717, 1.165) is 14.6 Å². The van der Waals surface area contributed by atoms with E-state index < -0.39 is 4.92 Å². The van der Waals surface area contributed by atoms with Crippen LogP contribution >= 0.6 is 23.1 Å². The van der Waals surface area contributed by atoms with Gasteiger partial charge in [0.25, 0.3) is 5.69 Å². The molecule has 0 aliphatic rings. The summed E-state index contributed by atoms with van der Waals surface area (Å²) in [6, 6.07) is 14.0. The second kappa shape index (κ2) is 6.61. The highest BCUT2D eigenvalue weighted by atomic mass is 32.2. The molecular weight excluding hydrogens is 360 g/mol. The lowest BCUT2D eigenvalue weighted by Crippen LogP contribution is -1.87. The molecule has 0 fully saturated rings. The zero-order valence-electron chi connectivity index (χ0n) is 12.7. The van der Waals surface area contributed by atoms with Crippen LogP contribution in [0.5, 0.6) is 0 Å². The first-order valence-corrected chi connectivity index (χ1v) is 9.05. The third kappa shape index (κ3) is 3.37.